The van der Waals surface area contributed by atoms with Gasteiger partial charge in [0, 0.05) is 36.6 Å². The molecule has 0 radical (unpaired) electrons. The van der Waals surface area contributed by atoms with Gasteiger partial charge in [-0.15, -0.1) is 11.3 Å². The molecule has 0 aliphatic carbocycles. The van der Waals surface area contributed by atoms with Crippen molar-refractivity contribution in [3.8, 4) is 0 Å². The van der Waals surface area contributed by atoms with Gasteiger partial charge in [-0.1, -0.05) is 24.3 Å². The fraction of sp³-hybridized carbons (Fsp3) is 0.476. The molecule has 2 aromatic rings. The first kappa shape index (κ1) is 19.9. The van der Waals surface area contributed by atoms with Gasteiger partial charge in [0.2, 0.25) is 0 Å². The Hall–Kier alpha value is -1.89. The van der Waals surface area contributed by atoms with Crippen LogP contribution in [0, 0.1) is 6.92 Å². The molecule has 1 saturated heterocycles. The third kappa shape index (κ3) is 6.65. The van der Waals surface area contributed by atoms with E-state index in [1.54, 1.807) is 18.4 Å². The second-order valence-corrected chi connectivity index (χ2v) is 8.11. The van der Waals surface area contributed by atoms with Gasteiger partial charge in [0.05, 0.1) is 19.3 Å². The van der Waals surface area contributed by atoms with Crippen molar-refractivity contribution >= 4 is 17.3 Å². The summed E-state index contributed by atoms with van der Waals surface area (Å²) in [6, 6.07) is 12.8. The third-order valence-corrected chi connectivity index (χ3v) is 5.56. The highest BCUT2D eigenvalue weighted by Gasteiger charge is 2.14. The van der Waals surface area contributed by atoms with Crippen molar-refractivity contribution in [1.29, 1.82) is 0 Å². The first-order valence-corrected chi connectivity index (χ1v) is 10.3. The first-order valence-electron chi connectivity index (χ1n) is 9.50. The zero-order valence-corrected chi connectivity index (χ0v) is 17.0. The lowest BCUT2D eigenvalue weighted by Gasteiger charge is -2.22. The zero-order chi connectivity index (χ0) is 18.9. The number of nitrogens with one attached hydrogen (secondary N) is 2. The normalized spacial score (nSPS) is 15.7. The van der Waals surface area contributed by atoms with Crippen molar-refractivity contribution < 1.29 is 9.47 Å². The van der Waals surface area contributed by atoms with E-state index in [0.29, 0.717) is 12.7 Å². The van der Waals surface area contributed by atoms with Crippen LogP contribution in [0.4, 0.5) is 0 Å². The van der Waals surface area contributed by atoms with Crippen molar-refractivity contribution in [1.82, 2.24) is 10.6 Å². The second kappa shape index (κ2) is 10.4. The van der Waals surface area contributed by atoms with Crippen LogP contribution in [0.2, 0.25) is 0 Å². The molecule has 2 heterocycles. The molecule has 5 nitrogen and oxygen atoms in total. The van der Waals surface area contributed by atoms with Crippen molar-refractivity contribution in [3.05, 3.63) is 57.3 Å². The lowest BCUT2D eigenvalue weighted by molar-refractivity contribution is -0.0390. The van der Waals surface area contributed by atoms with Crippen LogP contribution < -0.4 is 10.6 Å². The van der Waals surface area contributed by atoms with Gasteiger partial charge in [0.1, 0.15) is 0 Å². The number of benzene rings is 1. The summed E-state index contributed by atoms with van der Waals surface area (Å²) in [6.45, 7) is 5.92. The summed E-state index contributed by atoms with van der Waals surface area (Å²) in [6.07, 6.45) is 2.31. The average molecular weight is 388 g/mol. The van der Waals surface area contributed by atoms with Crippen molar-refractivity contribution in [2.75, 3.05) is 20.3 Å². The van der Waals surface area contributed by atoms with Gasteiger partial charge >= 0.3 is 0 Å². The van der Waals surface area contributed by atoms with Crippen LogP contribution >= 0.6 is 11.3 Å². The van der Waals surface area contributed by atoms with Gasteiger partial charge < -0.3 is 20.1 Å². The number of hydrogen-bond donors (Lipinski definition) is 2. The number of aliphatic imine (C=N–C) groups is 1. The van der Waals surface area contributed by atoms with E-state index in [-0.39, 0.29) is 0 Å². The van der Waals surface area contributed by atoms with Gasteiger partial charge in [-0.05, 0) is 43.0 Å². The number of guanidine groups is 1. The molecule has 146 valence electrons. The van der Waals surface area contributed by atoms with Crippen molar-refractivity contribution in [2.24, 2.45) is 4.99 Å². The van der Waals surface area contributed by atoms with E-state index >= 15 is 0 Å². The average Bonchev–Trinajstić information content (AvgIpc) is 3.13. The molecule has 0 unspecified atom stereocenters. The number of hydrogen-bond acceptors (Lipinski definition) is 4. The second-order valence-electron chi connectivity index (χ2n) is 6.73. The zero-order valence-electron chi connectivity index (χ0n) is 16.2. The minimum Gasteiger partial charge on any atom is -0.381 e. The maximum atomic E-state index is 6.02. The SMILES string of the molecule is CN=C(NCc1cccc(COC2CCOCC2)c1)NCc1ccc(C)s1. The smallest absolute Gasteiger partial charge is 0.191 e. The molecule has 1 fully saturated rings. The molecule has 0 saturated carbocycles. The molecule has 3 rings (SSSR count). The predicted octanol–water partition coefficient (Wildman–Crippen LogP) is 3.62. The molecule has 0 atom stereocenters. The van der Waals surface area contributed by atoms with Crippen LogP contribution in [-0.4, -0.2) is 32.3 Å². The largest absolute Gasteiger partial charge is 0.381 e. The Morgan fingerprint density at radius 1 is 1.15 bits per heavy atom. The maximum absolute atomic E-state index is 6.02. The summed E-state index contributed by atoms with van der Waals surface area (Å²) in [5.74, 6) is 0.810. The van der Waals surface area contributed by atoms with Crippen molar-refractivity contribution in [3.63, 3.8) is 0 Å². The molecule has 0 spiro atoms. The highest BCUT2D eigenvalue weighted by atomic mass is 32.1. The molecular formula is C21H29N3O2S. The summed E-state index contributed by atoms with van der Waals surface area (Å²) in [7, 11) is 1.80. The van der Waals surface area contributed by atoms with E-state index in [0.717, 1.165) is 45.1 Å². The Kier molecular flexibility index (Phi) is 7.68. The fourth-order valence-electron chi connectivity index (χ4n) is 3.04. The topological polar surface area (TPSA) is 54.9 Å². The molecule has 27 heavy (non-hydrogen) atoms. The standard InChI is InChI=1S/C21H29N3O2S/c1-16-6-7-20(27-16)14-24-21(22-2)23-13-17-4-3-5-18(12-17)15-26-19-8-10-25-11-9-19/h3-7,12,19H,8-11,13-15H2,1-2H3,(H2,22,23,24). The van der Waals surface area contributed by atoms with Crippen LogP contribution in [0.15, 0.2) is 41.4 Å². The lowest BCUT2D eigenvalue weighted by atomic mass is 10.1. The lowest BCUT2D eigenvalue weighted by Crippen LogP contribution is -2.36. The monoisotopic (exact) mass is 387 g/mol. The van der Waals surface area contributed by atoms with E-state index < -0.39 is 0 Å². The summed E-state index contributed by atoms with van der Waals surface area (Å²) < 4.78 is 11.4. The van der Waals surface area contributed by atoms with E-state index in [1.165, 1.54) is 20.9 Å². The number of nitrogens with zero attached hydrogens (tertiary/aromatic N) is 1. The summed E-state index contributed by atoms with van der Waals surface area (Å²) in [5, 5.41) is 6.75. The van der Waals surface area contributed by atoms with Crippen LogP contribution in [0.25, 0.3) is 0 Å². The van der Waals surface area contributed by atoms with E-state index in [4.69, 9.17) is 9.47 Å². The molecule has 2 N–H and O–H groups in total. The molecule has 0 amide bonds. The highest BCUT2D eigenvalue weighted by Crippen LogP contribution is 2.15. The van der Waals surface area contributed by atoms with Crippen LogP contribution in [0.5, 0.6) is 0 Å². The molecule has 0 bridgehead atoms. The van der Waals surface area contributed by atoms with Gasteiger partial charge in [-0.25, -0.2) is 0 Å². The number of rotatable bonds is 7. The molecule has 1 aromatic carbocycles. The quantitative estimate of drug-likeness (QED) is 0.563. The maximum Gasteiger partial charge on any atom is 0.191 e. The van der Waals surface area contributed by atoms with E-state index in [9.17, 15) is 0 Å². The van der Waals surface area contributed by atoms with Crippen LogP contribution in [0.3, 0.4) is 0 Å². The fourth-order valence-corrected chi connectivity index (χ4v) is 3.87. The van der Waals surface area contributed by atoms with Crippen LogP contribution in [-0.2, 0) is 29.2 Å². The molecule has 1 aromatic heterocycles. The summed E-state index contributed by atoms with van der Waals surface area (Å²) >= 11 is 1.81. The minimum absolute atomic E-state index is 0.324. The summed E-state index contributed by atoms with van der Waals surface area (Å²) in [4.78, 5) is 6.94. The molecule has 1 aliphatic heterocycles. The molecular weight excluding hydrogens is 358 g/mol. The number of aryl methyl sites for hydroxylation is 1. The first-order chi connectivity index (χ1) is 13.2. The third-order valence-electron chi connectivity index (χ3n) is 4.56. The van der Waals surface area contributed by atoms with Crippen molar-refractivity contribution in [2.45, 2.75) is 45.6 Å². The summed E-state index contributed by atoms with van der Waals surface area (Å²) in [5.41, 5.74) is 2.43. The molecule has 6 heteroatoms. The highest BCUT2D eigenvalue weighted by molar-refractivity contribution is 7.11. The van der Waals surface area contributed by atoms with Gasteiger partial charge in [-0.3, -0.25) is 4.99 Å². The van der Waals surface area contributed by atoms with E-state index in [1.807, 2.05) is 0 Å². The Morgan fingerprint density at radius 3 is 2.67 bits per heavy atom. The Morgan fingerprint density at radius 2 is 1.93 bits per heavy atom. The Labute approximate surface area is 165 Å². The number of thiophene rings is 1. The van der Waals surface area contributed by atoms with Gasteiger partial charge in [0.25, 0.3) is 0 Å². The predicted molar refractivity (Wildman–Crippen MR) is 111 cm³/mol. The van der Waals surface area contributed by atoms with Gasteiger partial charge in [-0.2, -0.15) is 0 Å². The van der Waals surface area contributed by atoms with Gasteiger partial charge in [0.15, 0.2) is 5.96 Å². The Balaban J connectivity index is 1.45. The van der Waals surface area contributed by atoms with E-state index in [2.05, 4.69) is 58.9 Å². The minimum atomic E-state index is 0.324. The number of ether oxygens (including phenoxy) is 2. The van der Waals surface area contributed by atoms with Crippen LogP contribution in [0.1, 0.15) is 33.7 Å². The Bertz CT molecular complexity index is 739. The molecule has 1 aliphatic rings.